The van der Waals surface area contributed by atoms with Gasteiger partial charge in [-0.3, -0.25) is 9.36 Å². The molecule has 0 bridgehead atoms. The number of hydrogen-bond acceptors (Lipinski definition) is 4. The molecule has 7 heteroatoms. The molecule has 0 spiro atoms. The van der Waals surface area contributed by atoms with Crippen LogP contribution in [-0.2, 0) is 7.05 Å². The summed E-state index contributed by atoms with van der Waals surface area (Å²) in [6.07, 6.45) is 0.631. The van der Waals surface area contributed by atoms with Gasteiger partial charge in [0.05, 0.1) is 16.9 Å². The molecule has 0 aliphatic rings. The van der Waals surface area contributed by atoms with Gasteiger partial charge in [-0.15, -0.1) is 0 Å². The van der Waals surface area contributed by atoms with E-state index in [1.807, 2.05) is 68.4 Å². The quantitative estimate of drug-likeness (QED) is 0.545. The Balaban J connectivity index is 1.97. The molecule has 1 aromatic heterocycles. The highest BCUT2D eigenvalue weighted by Gasteiger charge is 2.28. The van der Waals surface area contributed by atoms with Gasteiger partial charge in [-0.1, -0.05) is 45.0 Å². The largest absolute Gasteiger partial charge is 0.322 e. The molecule has 0 aliphatic heterocycles. The van der Waals surface area contributed by atoms with Crippen LogP contribution in [0, 0.1) is 0 Å². The summed E-state index contributed by atoms with van der Waals surface area (Å²) >= 11 is 0. The van der Waals surface area contributed by atoms with Crippen molar-refractivity contribution in [2.75, 3.05) is 32.5 Å². The molecule has 2 amide bonds. The third-order valence-corrected chi connectivity index (χ3v) is 5.96. The summed E-state index contributed by atoms with van der Waals surface area (Å²) in [6, 6.07) is 14.7. The Bertz CT molecular complexity index is 1150. The fraction of sp³-hybridized carbons (Fsp3) is 0.423. The molecule has 1 atom stereocenters. The fourth-order valence-electron chi connectivity index (χ4n) is 3.93. The van der Waals surface area contributed by atoms with Crippen molar-refractivity contribution in [2.24, 2.45) is 7.05 Å². The first-order valence-electron chi connectivity index (χ1n) is 11.5. The summed E-state index contributed by atoms with van der Waals surface area (Å²) in [5.74, 6) is 1.02. The number of fused-ring (bicyclic) bond motifs is 1. The van der Waals surface area contributed by atoms with E-state index in [1.165, 1.54) is 5.56 Å². The van der Waals surface area contributed by atoms with Gasteiger partial charge in [-0.2, -0.15) is 0 Å². The Labute approximate surface area is 196 Å². The summed E-state index contributed by atoms with van der Waals surface area (Å²) in [5.41, 5.74) is 2.51. The van der Waals surface area contributed by atoms with Gasteiger partial charge in [0.25, 0.3) is 5.56 Å². The summed E-state index contributed by atoms with van der Waals surface area (Å²) in [5, 5.41) is 3.62. The molecule has 33 heavy (non-hydrogen) atoms. The molecule has 0 saturated carbocycles. The molecular weight excluding hydrogens is 414 g/mol. The normalized spacial score (nSPS) is 12.4. The molecule has 1 unspecified atom stereocenters. The van der Waals surface area contributed by atoms with Gasteiger partial charge < -0.3 is 15.1 Å². The lowest BCUT2D eigenvalue weighted by atomic mass is 10.0. The van der Waals surface area contributed by atoms with Crippen LogP contribution in [0.1, 0.15) is 50.5 Å². The van der Waals surface area contributed by atoms with Crippen molar-refractivity contribution in [2.45, 2.75) is 39.2 Å². The topological polar surface area (TPSA) is 70.5 Å². The molecular formula is C26H35N5O2. The van der Waals surface area contributed by atoms with E-state index in [0.29, 0.717) is 42.2 Å². The van der Waals surface area contributed by atoms with Gasteiger partial charge in [-0.05, 0) is 56.3 Å². The number of likely N-dealkylation sites (N-methyl/N-ethyl adjacent to an activating group) is 1. The second kappa shape index (κ2) is 10.6. The lowest BCUT2D eigenvalue weighted by Crippen LogP contribution is -2.43. The third-order valence-electron chi connectivity index (χ3n) is 5.96. The number of nitrogens with one attached hydrogen (secondary N) is 1. The van der Waals surface area contributed by atoms with Crippen molar-refractivity contribution in [3.63, 3.8) is 0 Å². The second-order valence-corrected chi connectivity index (χ2v) is 8.98. The molecule has 7 nitrogen and oxygen atoms in total. The fourth-order valence-corrected chi connectivity index (χ4v) is 3.93. The lowest BCUT2D eigenvalue weighted by molar-refractivity contribution is 0.172. The first kappa shape index (κ1) is 24.5. The van der Waals surface area contributed by atoms with Crippen molar-refractivity contribution >= 4 is 22.6 Å². The van der Waals surface area contributed by atoms with Gasteiger partial charge >= 0.3 is 6.03 Å². The number of carbonyl (C=O) groups is 1. The van der Waals surface area contributed by atoms with Crippen LogP contribution in [0.25, 0.3) is 10.9 Å². The number of hydrogen-bond donors (Lipinski definition) is 1. The summed E-state index contributed by atoms with van der Waals surface area (Å²) in [6.45, 7) is 7.49. The van der Waals surface area contributed by atoms with E-state index < -0.39 is 0 Å². The van der Waals surface area contributed by atoms with E-state index in [0.717, 1.165) is 5.69 Å². The number of urea groups is 1. The first-order chi connectivity index (χ1) is 15.7. The minimum atomic E-state index is -0.345. The minimum absolute atomic E-state index is 0.105. The zero-order chi connectivity index (χ0) is 24.1. The standard InChI is InChI=1S/C26H35N5O2/c1-7-23(24-28-22-11-9-8-10-21(22)25(32)30(24)6)31(17-16-29(4)5)26(33)27-20-14-12-19(13-15-20)18(2)3/h8-15,18,23H,7,16-17H2,1-6H3,(H,27,33). The molecule has 0 saturated heterocycles. The van der Waals surface area contributed by atoms with Crippen LogP contribution in [0.5, 0.6) is 0 Å². The van der Waals surface area contributed by atoms with E-state index in [1.54, 1.807) is 22.6 Å². The molecule has 3 aromatic rings. The van der Waals surface area contributed by atoms with Crippen molar-refractivity contribution < 1.29 is 4.79 Å². The van der Waals surface area contributed by atoms with Crippen molar-refractivity contribution in [3.05, 3.63) is 70.3 Å². The van der Waals surface area contributed by atoms with Crippen molar-refractivity contribution in [1.82, 2.24) is 19.4 Å². The summed E-state index contributed by atoms with van der Waals surface area (Å²) in [4.78, 5) is 35.1. The van der Waals surface area contributed by atoms with Crippen LogP contribution < -0.4 is 10.9 Å². The van der Waals surface area contributed by atoms with E-state index in [9.17, 15) is 9.59 Å². The van der Waals surface area contributed by atoms with Gasteiger partial charge in [0.2, 0.25) is 0 Å². The Hall–Kier alpha value is -3.19. The number of rotatable bonds is 8. The van der Waals surface area contributed by atoms with Crippen LogP contribution in [0.2, 0.25) is 0 Å². The summed E-state index contributed by atoms with van der Waals surface area (Å²) in [7, 11) is 5.68. The zero-order valence-electron chi connectivity index (χ0n) is 20.5. The van der Waals surface area contributed by atoms with Crippen LogP contribution in [0.3, 0.4) is 0 Å². The third kappa shape index (κ3) is 5.60. The molecule has 176 valence electrons. The molecule has 1 heterocycles. The number of anilines is 1. The van der Waals surface area contributed by atoms with Crippen LogP contribution >= 0.6 is 0 Å². The van der Waals surface area contributed by atoms with Crippen molar-refractivity contribution in [3.8, 4) is 0 Å². The molecule has 1 N–H and O–H groups in total. The van der Waals surface area contributed by atoms with Gasteiger partial charge in [-0.25, -0.2) is 9.78 Å². The Morgan fingerprint density at radius 3 is 2.33 bits per heavy atom. The number of para-hydroxylation sites is 1. The lowest BCUT2D eigenvalue weighted by Gasteiger charge is -2.32. The maximum Gasteiger partial charge on any atom is 0.322 e. The number of carbonyl (C=O) groups excluding carboxylic acids is 1. The number of aromatic nitrogens is 2. The maximum atomic E-state index is 13.5. The first-order valence-corrected chi connectivity index (χ1v) is 11.5. The van der Waals surface area contributed by atoms with Gasteiger partial charge in [0.1, 0.15) is 5.82 Å². The predicted octanol–water partition coefficient (Wildman–Crippen LogP) is 4.60. The smallest absolute Gasteiger partial charge is 0.313 e. The Kier molecular flexibility index (Phi) is 7.87. The molecule has 2 aromatic carbocycles. The SMILES string of the molecule is CCC(c1nc2ccccc2c(=O)n1C)N(CCN(C)C)C(=O)Nc1ccc(C(C)C)cc1. The maximum absolute atomic E-state index is 13.5. The highest BCUT2D eigenvalue weighted by Crippen LogP contribution is 2.25. The molecule has 3 rings (SSSR count). The molecule has 0 aliphatic carbocycles. The van der Waals surface area contributed by atoms with Crippen LogP contribution in [0.15, 0.2) is 53.3 Å². The predicted molar refractivity (Wildman–Crippen MR) is 135 cm³/mol. The monoisotopic (exact) mass is 449 g/mol. The van der Waals surface area contributed by atoms with Crippen molar-refractivity contribution in [1.29, 1.82) is 0 Å². The zero-order valence-corrected chi connectivity index (χ0v) is 20.5. The van der Waals surface area contributed by atoms with E-state index in [2.05, 4.69) is 19.2 Å². The van der Waals surface area contributed by atoms with Crippen LogP contribution in [0.4, 0.5) is 10.5 Å². The van der Waals surface area contributed by atoms with E-state index in [4.69, 9.17) is 4.98 Å². The van der Waals surface area contributed by atoms with Gasteiger partial charge in [0.15, 0.2) is 0 Å². The average molecular weight is 450 g/mol. The highest BCUT2D eigenvalue weighted by atomic mass is 16.2. The Morgan fingerprint density at radius 1 is 1.06 bits per heavy atom. The van der Waals surface area contributed by atoms with Crippen LogP contribution in [-0.4, -0.2) is 52.6 Å². The summed E-state index contributed by atoms with van der Waals surface area (Å²) < 4.78 is 1.57. The highest BCUT2D eigenvalue weighted by molar-refractivity contribution is 5.89. The van der Waals surface area contributed by atoms with Gasteiger partial charge in [0, 0.05) is 25.8 Å². The van der Waals surface area contributed by atoms with E-state index >= 15 is 0 Å². The molecule has 0 fully saturated rings. The number of amides is 2. The van der Waals surface area contributed by atoms with E-state index in [-0.39, 0.29) is 17.6 Å². The average Bonchev–Trinajstić information content (AvgIpc) is 2.79. The minimum Gasteiger partial charge on any atom is -0.313 e. The number of nitrogens with zero attached hydrogens (tertiary/aromatic N) is 4. The molecule has 0 radical (unpaired) electrons. The second-order valence-electron chi connectivity index (χ2n) is 8.98. The Morgan fingerprint density at radius 2 is 1.73 bits per heavy atom. The number of benzene rings is 2.